The zero-order chi connectivity index (χ0) is 15.2. The lowest BCUT2D eigenvalue weighted by atomic mass is 9.83. The van der Waals surface area contributed by atoms with Crippen LogP contribution in [0.3, 0.4) is 0 Å². The number of hydrogen-bond donors (Lipinski definition) is 2. The number of carbonyl (C=O) groups is 1. The molecule has 1 aromatic carbocycles. The Morgan fingerprint density at radius 2 is 2.10 bits per heavy atom. The summed E-state index contributed by atoms with van der Waals surface area (Å²) in [6, 6.07) is 8.31. The number of amides is 1. The van der Waals surface area contributed by atoms with Crippen molar-refractivity contribution in [2.45, 2.75) is 51.6 Å². The summed E-state index contributed by atoms with van der Waals surface area (Å²) >= 11 is 0. The Morgan fingerprint density at radius 3 is 2.76 bits per heavy atom. The van der Waals surface area contributed by atoms with Crippen molar-refractivity contribution >= 4 is 11.6 Å². The molecular weight excluding hydrogens is 262 g/mol. The Labute approximate surface area is 127 Å². The van der Waals surface area contributed by atoms with E-state index in [1.165, 1.54) is 19.3 Å². The van der Waals surface area contributed by atoms with Crippen LogP contribution < -0.4 is 11.5 Å². The van der Waals surface area contributed by atoms with Gasteiger partial charge in [0.15, 0.2) is 0 Å². The molecule has 2 unspecified atom stereocenters. The highest BCUT2D eigenvalue weighted by atomic mass is 16.1. The largest absolute Gasteiger partial charge is 0.398 e. The van der Waals surface area contributed by atoms with Crippen LogP contribution in [-0.4, -0.2) is 23.4 Å². The molecule has 0 saturated heterocycles. The first kappa shape index (κ1) is 15.8. The Hall–Kier alpha value is -1.55. The maximum absolute atomic E-state index is 11.4. The summed E-state index contributed by atoms with van der Waals surface area (Å²) in [5.74, 6) is 0.510. The molecule has 0 aromatic heterocycles. The average molecular weight is 289 g/mol. The van der Waals surface area contributed by atoms with Gasteiger partial charge in [0.2, 0.25) is 5.91 Å². The molecule has 0 radical (unpaired) electrons. The third kappa shape index (κ3) is 4.46. The first-order chi connectivity index (χ1) is 10.1. The Bertz CT molecular complexity index is 475. The maximum Gasteiger partial charge on any atom is 0.231 e. The van der Waals surface area contributed by atoms with Crippen LogP contribution in [0.1, 0.15) is 44.6 Å². The van der Waals surface area contributed by atoms with Crippen LogP contribution in [-0.2, 0) is 11.3 Å². The summed E-state index contributed by atoms with van der Waals surface area (Å²) in [6.45, 7) is 3.27. The molecule has 1 aliphatic rings. The van der Waals surface area contributed by atoms with Gasteiger partial charge in [0.25, 0.3) is 0 Å². The van der Waals surface area contributed by atoms with Gasteiger partial charge in [0.1, 0.15) is 0 Å². The summed E-state index contributed by atoms with van der Waals surface area (Å²) in [5.41, 5.74) is 13.4. The predicted octanol–water partition coefficient (Wildman–Crippen LogP) is 2.52. The topological polar surface area (TPSA) is 72.3 Å². The number of nitrogen functional groups attached to an aromatic ring is 1. The number of nitrogens with two attached hydrogens (primary N) is 2. The minimum Gasteiger partial charge on any atom is -0.398 e. The Balaban J connectivity index is 2.10. The van der Waals surface area contributed by atoms with Gasteiger partial charge in [0, 0.05) is 18.3 Å². The van der Waals surface area contributed by atoms with Crippen LogP contribution in [0.5, 0.6) is 0 Å². The third-order valence-corrected chi connectivity index (χ3v) is 4.64. The molecule has 4 heteroatoms. The monoisotopic (exact) mass is 289 g/mol. The number of benzene rings is 1. The van der Waals surface area contributed by atoms with Crippen molar-refractivity contribution in [2.75, 3.05) is 12.3 Å². The normalized spacial score (nSPS) is 22.4. The summed E-state index contributed by atoms with van der Waals surface area (Å²) < 4.78 is 0. The number of para-hydroxylation sites is 1. The first-order valence-corrected chi connectivity index (χ1v) is 7.95. The lowest BCUT2D eigenvalue weighted by Gasteiger charge is -2.37. The second-order valence-electron chi connectivity index (χ2n) is 6.16. The van der Waals surface area contributed by atoms with Gasteiger partial charge in [-0.15, -0.1) is 0 Å². The van der Waals surface area contributed by atoms with E-state index in [-0.39, 0.29) is 5.91 Å². The van der Waals surface area contributed by atoms with E-state index in [0.29, 0.717) is 19.1 Å². The molecule has 2 rings (SSSR count). The van der Waals surface area contributed by atoms with Gasteiger partial charge in [-0.25, -0.2) is 0 Å². The van der Waals surface area contributed by atoms with Gasteiger partial charge in [-0.05, 0) is 30.4 Å². The summed E-state index contributed by atoms with van der Waals surface area (Å²) in [4.78, 5) is 13.6. The predicted molar refractivity (Wildman–Crippen MR) is 86.5 cm³/mol. The molecule has 0 aliphatic heterocycles. The van der Waals surface area contributed by atoms with E-state index >= 15 is 0 Å². The number of nitrogens with zero attached hydrogens (tertiary/aromatic N) is 1. The number of anilines is 1. The molecule has 1 aromatic rings. The fourth-order valence-electron chi connectivity index (χ4n) is 3.38. The summed E-state index contributed by atoms with van der Waals surface area (Å²) in [7, 11) is 0. The van der Waals surface area contributed by atoms with E-state index in [1.807, 2.05) is 24.3 Å². The molecule has 21 heavy (non-hydrogen) atoms. The minimum absolute atomic E-state index is 0.261. The molecule has 4 N–H and O–H groups in total. The molecule has 4 nitrogen and oxygen atoms in total. The van der Waals surface area contributed by atoms with Crippen molar-refractivity contribution in [1.29, 1.82) is 0 Å². The molecule has 116 valence electrons. The second kappa shape index (κ2) is 7.46. The lowest BCUT2D eigenvalue weighted by molar-refractivity contribution is -0.120. The Kier molecular flexibility index (Phi) is 5.62. The second-order valence-corrected chi connectivity index (χ2v) is 6.16. The van der Waals surface area contributed by atoms with Gasteiger partial charge in [-0.3, -0.25) is 9.69 Å². The first-order valence-electron chi connectivity index (χ1n) is 7.95. The molecule has 2 atom stereocenters. The zero-order valence-corrected chi connectivity index (χ0v) is 12.9. The lowest BCUT2D eigenvalue weighted by Crippen LogP contribution is -2.43. The van der Waals surface area contributed by atoms with Crippen LogP contribution >= 0.6 is 0 Å². The maximum atomic E-state index is 11.4. The molecule has 1 fully saturated rings. The van der Waals surface area contributed by atoms with Crippen molar-refractivity contribution < 1.29 is 4.79 Å². The van der Waals surface area contributed by atoms with E-state index in [9.17, 15) is 4.79 Å². The van der Waals surface area contributed by atoms with Gasteiger partial charge in [-0.2, -0.15) is 0 Å². The third-order valence-electron chi connectivity index (χ3n) is 4.64. The number of hydrogen-bond acceptors (Lipinski definition) is 3. The number of carbonyl (C=O) groups excluding carboxylic acids is 1. The number of rotatable bonds is 6. The van der Waals surface area contributed by atoms with Crippen molar-refractivity contribution in [3.8, 4) is 0 Å². The standard InChI is InChI=1S/C17H27N3O/c1-2-13-6-5-8-15(10-13)20(12-17(19)21)11-14-7-3-4-9-16(14)18/h3-4,7,9,13,15H,2,5-6,8,10-12,18H2,1H3,(H2,19,21). The fourth-order valence-corrected chi connectivity index (χ4v) is 3.38. The molecular formula is C17H27N3O. The molecule has 1 amide bonds. The van der Waals surface area contributed by atoms with Crippen LogP contribution in [0.2, 0.25) is 0 Å². The molecule has 0 bridgehead atoms. The van der Waals surface area contributed by atoms with Crippen molar-refractivity contribution in [1.82, 2.24) is 4.90 Å². The molecule has 0 spiro atoms. The highest BCUT2D eigenvalue weighted by Gasteiger charge is 2.27. The minimum atomic E-state index is -0.261. The van der Waals surface area contributed by atoms with Gasteiger partial charge in [-0.1, -0.05) is 44.4 Å². The van der Waals surface area contributed by atoms with Crippen molar-refractivity contribution in [3.05, 3.63) is 29.8 Å². The van der Waals surface area contributed by atoms with E-state index in [0.717, 1.165) is 30.0 Å². The zero-order valence-electron chi connectivity index (χ0n) is 12.9. The quantitative estimate of drug-likeness (QED) is 0.790. The summed E-state index contributed by atoms with van der Waals surface area (Å²) in [5, 5.41) is 0. The van der Waals surface area contributed by atoms with Crippen LogP contribution in [0.4, 0.5) is 5.69 Å². The van der Waals surface area contributed by atoms with Gasteiger partial charge < -0.3 is 11.5 Å². The van der Waals surface area contributed by atoms with Crippen LogP contribution in [0.25, 0.3) is 0 Å². The highest BCUT2D eigenvalue weighted by Crippen LogP contribution is 2.30. The van der Waals surface area contributed by atoms with E-state index < -0.39 is 0 Å². The molecule has 0 heterocycles. The smallest absolute Gasteiger partial charge is 0.231 e. The molecule has 1 aliphatic carbocycles. The van der Waals surface area contributed by atoms with Gasteiger partial charge in [0.05, 0.1) is 6.54 Å². The SMILES string of the molecule is CCC1CCCC(N(CC(N)=O)Cc2ccccc2N)C1. The average Bonchev–Trinajstić information content (AvgIpc) is 2.48. The van der Waals surface area contributed by atoms with Crippen LogP contribution in [0, 0.1) is 5.92 Å². The highest BCUT2D eigenvalue weighted by molar-refractivity contribution is 5.76. The van der Waals surface area contributed by atoms with Gasteiger partial charge >= 0.3 is 0 Å². The van der Waals surface area contributed by atoms with Crippen molar-refractivity contribution in [2.24, 2.45) is 11.7 Å². The van der Waals surface area contributed by atoms with E-state index in [2.05, 4.69) is 11.8 Å². The number of primary amides is 1. The fraction of sp³-hybridized carbons (Fsp3) is 0.588. The summed E-state index contributed by atoms with van der Waals surface area (Å²) in [6.07, 6.45) is 6.08. The Morgan fingerprint density at radius 1 is 1.33 bits per heavy atom. The van der Waals surface area contributed by atoms with Crippen molar-refractivity contribution in [3.63, 3.8) is 0 Å². The van der Waals surface area contributed by atoms with E-state index in [4.69, 9.17) is 11.5 Å². The molecule has 1 saturated carbocycles. The van der Waals surface area contributed by atoms with Crippen LogP contribution in [0.15, 0.2) is 24.3 Å². The van der Waals surface area contributed by atoms with E-state index in [1.54, 1.807) is 0 Å².